The summed E-state index contributed by atoms with van der Waals surface area (Å²) in [6.07, 6.45) is 1.88. The second kappa shape index (κ2) is 14.4. The molecule has 5 heterocycles. The number of amides is 2. The van der Waals surface area contributed by atoms with Crippen LogP contribution < -0.4 is 20.9 Å². The van der Waals surface area contributed by atoms with Crippen LogP contribution in [0.4, 0.5) is 9.52 Å². The number of aliphatic carboxylic acids is 2. The number of fused-ring (bicyclic) bond motifs is 2. The number of β-lactam (4-membered cyclic amide) rings is 1. The summed E-state index contributed by atoms with van der Waals surface area (Å²) in [6, 6.07) is 4.05. The summed E-state index contributed by atoms with van der Waals surface area (Å²) >= 11 is 3.67. The number of hydrogen-bond acceptors (Lipinski definition) is 13. The number of pyridine rings is 1. The molecule has 51 heavy (non-hydrogen) atoms. The van der Waals surface area contributed by atoms with Crippen molar-refractivity contribution in [3.8, 4) is 0 Å². The molecule has 6 N–H and O–H groups in total. The van der Waals surface area contributed by atoms with Gasteiger partial charge < -0.3 is 31.4 Å². The van der Waals surface area contributed by atoms with Gasteiger partial charge in [0.05, 0.1) is 11.4 Å². The fourth-order valence-electron chi connectivity index (χ4n) is 5.92. The third-order valence-electron chi connectivity index (χ3n) is 8.88. The molecule has 3 aliphatic heterocycles. The van der Waals surface area contributed by atoms with Crippen LogP contribution in [0.5, 0.6) is 0 Å². The number of nitrogens with one attached hydrogen (secondary N) is 2. The number of carboxylic acid groups (broad SMARTS) is 2. The molecule has 0 saturated carbocycles. The van der Waals surface area contributed by atoms with Gasteiger partial charge in [0.25, 0.3) is 11.8 Å². The number of aryl methyl sites for hydroxylation is 1. The Labute approximate surface area is 304 Å². The first-order valence-corrected chi connectivity index (χ1v) is 18.7. The Morgan fingerprint density at radius 3 is 2.75 bits per heavy atom. The van der Waals surface area contributed by atoms with E-state index in [9.17, 15) is 29.4 Å². The summed E-state index contributed by atoms with van der Waals surface area (Å²) in [5.41, 5.74) is 5.33. The average Bonchev–Trinajstić information content (AvgIpc) is 3.52. The summed E-state index contributed by atoms with van der Waals surface area (Å²) in [6.45, 7) is 4.77. The molecule has 0 bridgehead atoms. The predicted octanol–water partition coefficient (Wildman–Crippen LogP) is 1.53. The van der Waals surface area contributed by atoms with E-state index in [1.165, 1.54) is 48.8 Å². The number of anilines is 1. The second-order valence-electron chi connectivity index (χ2n) is 12.7. The van der Waals surface area contributed by atoms with Gasteiger partial charge in [-0.2, -0.15) is 0 Å². The van der Waals surface area contributed by atoms with Gasteiger partial charge in [-0.3, -0.25) is 19.4 Å². The maximum absolute atomic E-state index is 15.6. The first-order chi connectivity index (χ1) is 24.2. The molecular weight excluding hydrogens is 724 g/mol. The number of nitrogens with two attached hydrogens (primary N) is 1. The maximum atomic E-state index is 15.6. The van der Waals surface area contributed by atoms with Crippen LogP contribution in [-0.2, 0) is 31.1 Å². The van der Waals surface area contributed by atoms with Crippen LogP contribution in [0.25, 0.3) is 10.9 Å². The van der Waals surface area contributed by atoms with Gasteiger partial charge in [0.1, 0.15) is 35.7 Å². The van der Waals surface area contributed by atoms with Gasteiger partial charge in [-0.15, -0.1) is 34.9 Å². The summed E-state index contributed by atoms with van der Waals surface area (Å²) < 4.78 is 17.5. The van der Waals surface area contributed by atoms with Crippen molar-refractivity contribution in [3.05, 3.63) is 58.1 Å². The van der Waals surface area contributed by atoms with E-state index in [1.54, 1.807) is 0 Å². The lowest BCUT2D eigenvalue weighted by molar-refractivity contribution is -0.645. The van der Waals surface area contributed by atoms with Crippen molar-refractivity contribution in [1.29, 1.82) is 0 Å². The lowest BCUT2D eigenvalue weighted by atomic mass is 10.0. The van der Waals surface area contributed by atoms with E-state index < -0.39 is 46.5 Å². The molecular formula is C32H36FN8O7S3+. The number of nitrogens with zero attached hydrogens (tertiary/aromatic N) is 5. The topological polar surface area (TPSA) is 204 Å². The Morgan fingerprint density at radius 1 is 1.31 bits per heavy atom. The third-order valence-corrected chi connectivity index (χ3v) is 12.1. The first-order valence-electron chi connectivity index (χ1n) is 15.7. The van der Waals surface area contributed by atoms with Gasteiger partial charge >= 0.3 is 11.9 Å². The summed E-state index contributed by atoms with van der Waals surface area (Å²) in [5.74, 6) is -3.98. The molecule has 6 rings (SSSR count). The van der Waals surface area contributed by atoms with Crippen LogP contribution in [0.3, 0.4) is 0 Å². The number of aromatic nitrogens is 2. The standard InChI is InChI=1S/C32H35FN8O7S3/c1-32(2,30(46)47)48-38-23(19-14-51-31(34)36-19)26(42)37-24-27(43)41-25(29(44)45)15(13-50-28(24)41)12-49-22-5-7-39(3)20-10-16(18(33)9-17(20)22)21-11-35-6-8-40(21)4/h5,7,9-10,14,21,24,28,35H,6,8,11-13H2,1-4H3,(H4-,34,36,37,42,44,45,46,47)/p+1/b38-23-/t21?,24?,28-/m0/s1. The summed E-state index contributed by atoms with van der Waals surface area (Å²) in [7, 11) is 3.87. The molecule has 270 valence electrons. The van der Waals surface area contributed by atoms with Crippen molar-refractivity contribution >= 4 is 80.4 Å². The first kappa shape index (κ1) is 36.5. The molecule has 3 atom stereocenters. The Morgan fingerprint density at radius 2 is 2.08 bits per heavy atom. The summed E-state index contributed by atoms with van der Waals surface area (Å²) in [5, 5.41) is 30.8. The van der Waals surface area contributed by atoms with Gasteiger partial charge in [0.15, 0.2) is 17.0 Å². The number of carbonyl (C=O) groups is 4. The minimum Gasteiger partial charge on any atom is -0.478 e. The van der Waals surface area contributed by atoms with Crippen molar-refractivity contribution in [2.75, 3.05) is 43.9 Å². The van der Waals surface area contributed by atoms with Gasteiger partial charge in [-0.05, 0) is 32.5 Å². The lowest BCUT2D eigenvalue weighted by Crippen LogP contribution is -2.71. The van der Waals surface area contributed by atoms with E-state index >= 15 is 4.39 Å². The van der Waals surface area contributed by atoms with E-state index in [-0.39, 0.29) is 39.9 Å². The molecule has 3 aliphatic rings. The van der Waals surface area contributed by atoms with Crippen LogP contribution in [0.2, 0.25) is 0 Å². The highest BCUT2D eigenvalue weighted by atomic mass is 32.2. The van der Waals surface area contributed by atoms with Crippen LogP contribution in [-0.4, -0.2) is 110 Å². The van der Waals surface area contributed by atoms with Crippen molar-refractivity contribution in [3.63, 3.8) is 0 Å². The normalized spacial score (nSPS) is 21.4. The molecule has 0 aliphatic carbocycles. The molecule has 19 heteroatoms. The predicted molar refractivity (Wildman–Crippen MR) is 190 cm³/mol. The number of oxime groups is 1. The molecule has 2 aromatic heterocycles. The number of nitrogen functional groups attached to an aromatic ring is 1. The summed E-state index contributed by atoms with van der Waals surface area (Å²) in [4.78, 5) is 64.1. The molecule has 2 amide bonds. The Kier molecular flexibility index (Phi) is 10.3. The van der Waals surface area contributed by atoms with E-state index in [2.05, 4.69) is 25.7 Å². The molecule has 15 nitrogen and oxygen atoms in total. The van der Waals surface area contributed by atoms with E-state index in [4.69, 9.17) is 10.6 Å². The van der Waals surface area contributed by atoms with Gasteiger partial charge in [-0.25, -0.2) is 23.5 Å². The Hall–Kier alpha value is -4.30. The minimum absolute atomic E-state index is 0.0120. The van der Waals surface area contributed by atoms with Crippen molar-refractivity contribution in [2.24, 2.45) is 12.2 Å². The third kappa shape index (κ3) is 7.12. The average molecular weight is 760 g/mol. The highest BCUT2D eigenvalue weighted by Gasteiger charge is 2.54. The number of piperazine rings is 1. The van der Waals surface area contributed by atoms with Crippen LogP contribution in [0.15, 0.2) is 51.1 Å². The highest BCUT2D eigenvalue weighted by molar-refractivity contribution is 8.01. The monoisotopic (exact) mass is 759 g/mol. The van der Waals surface area contributed by atoms with Crippen LogP contribution in [0, 0.1) is 5.82 Å². The SMILES string of the molecule is CN1CCNCC1c1cc2c(cc1F)c(SCC1=C(C(=O)O)N3C(=O)C(NC(=O)/C(=N\OC(C)(C)C(=O)O)c4csc(N)n4)[C@@H]3SC1)cc[n+]2C. The number of thioether (sulfide) groups is 2. The Bertz CT molecular complexity index is 2000. The van der Waals surface area contributed by atoms with E-state index in [0.717, 1.165) is 39.7 Å². The molecule has 3 aromatic rings. The fourth-order valence-corrected chi connectivity index (χ4v) is 8.99. The van der Waals surface area contributed by atoms with Gasteiger partial charge in [0, 0.05) is 59.1 Å². The van der Waals surface area contributed by atoms with Gasteiger partial charge in [0.2, 0.25) is 11.1 Å². The van der Waals surface area contributed by atoms with Crippen molar-refractivity contribution < 1.29 is 43.2 Å². The number of halogens is 1. The molecule has 2 fully saturated rings. The largest absolute Gasteiger partial charge is 0.478 e. The quantitative estimate of drug-likeness (QED) is 0.0620. The number of thiazole rings is 1. The fraction of sp³-hybridized carbons (Fsp3) is 0.406. The zero-order valence-electron chi connectivity index (χ0n) is 28.0. The molecule has 0 spiro atoms. The number of benzene rings is 1. The lowest BCUT2D eigenvalue weighted by Gasteiger charge is -2.49. The number of likely N-dealkylation sites (N-methyl/N-ethyl adjacent to an activating group) is 1. The molecule has 0 radical (unpaired) electrons. The molecule has 1 aromatic carbocycles. The number of carbonyl (C=O) groups excluding carboxylic acids is 2. The van der Waals surface area contributed by atoms with Crippen LogP contribution >= 0.6 is 34.9 Å². The number of hydrogen-bond donors (Lipinski definition) is 5. The molecule has 2 saturated heterocycles. The van der Waals surface area contributed by atoms with Crippen LogP contribution in [0.1, 0.15) is 31.1 Å². The Balaban J connectivity index is 1.21. The van der Waals surface area contributed by atoms with E-state index in [1.807, 2.05) is 37.0 Å². The maximum Gasteiger partial charge on any atom is 0.352 e. The number of carboxylic acids is 2. The van der Waals surface area contributed by atoms with E-state index in [0.29, 0.717) is 23.1 Å². The van der Waals surface area contributed by atoms with Crippen molar-refractivity contribution in [2.45, 2.75) is 41.8 Å². The zero-order chi connectivity index (χ0) is 36.8. The second-order valence-corrected chi connectivity index (χ2v) is 15.7. The van der Waals surface area contributed by atoms with Crippen molar-refractivity contribution in [1.82, 2.24) is 25.4 Å². The zero-order valence-corrected chi connectivity index (χ0v) is 30.5. The highest BCUT2D eigenvalue weighted by Crippen LogP contribution is 2.42. The molecule has 2 unspecified atom stereocenters. The number of rotatable bonds is 11. The van der Waals surface area contributed by atoms with Gasteiger partial charge in [-0.1, -0.05) is 5.16 Å². The minimum atomic E-state index is -1.78. The smallest absolute Gasteiger partial charge is 0.352 e.